The first-order chi connectivity index (χ1) is 10.0. The van der Waals surface area contributed by atoms with Gasteiger partial charge in [-0.3, -0.25) is 9.78 Å². The fourth-order valence-corrected chi connectivity index (χ4v) is 1.92. The van der Waals surface area contributed by atoms with Crippen molar-refractivity contribution < 1.29 is 14.3 Å². The highest BCUT2D eigenvalue weighted by atomic mass is 35.5. The van der Waals surface area contributed by atoms with Crippen LogP contribution in [0.3, 0.4) is 0 Å². The van der Waals surface area contributed by atoms with E-state index in [0.717, 1.165) is 0 Å². The lowest BCUT2D eigenvalue weighted by molar-refractivity contribution is -0.119. The van der Waals surface area contributed by atoms with Gasteiger partial charge < -0.3 is 15.2 Å². The van der Waals surface area contributed by atoms with Crippen LogP contribution in [0.25, 0.3) is 0 Å². The largest absolute Gasteiger partial charge is 0.487 e. The second kappa shape index (κ2) is 7.15. The number of hydrogen-bond donors (Lipinski definition) is 1. The molecule has 2 N–H and O–H groups in total. The van der Waals surface area contributed by atoms with E-state index in [2.05, 4.69) is 4.98 Å². The topological polar surface area (TPSA) is 74.4 Å². The fourth-order valence-electron chi connectivity index (χ4n) is 1.49. The van der Waals surface area contributed by atoms with E-state index in [0.29, 0.717) is 27.2 Å². The van der Waals surface area contributed by atoms with E-state index in [-0.39, 0.29) is 13.2 Å². The van der Waals surface area contributed by atoms with Crippen LogP contribution < -0.4 is 15.2 Å². The van der Waals surface area contributed by atoms with Gasteiger partial charge in [0.1, 0.15) is 18.1 Å². The molecule has 5 nitrogen and oxygen atoms in total. The predicted molar refractivity (Wildman–Crippen MR) is 79.7 cm³/mol. The van der Waals surface area contributed by atoms with E-state index in [1.165, 1.54) is 6.20 Å². The number of amides is 1. The zero-order valence-corrected chi connectivity index (χ0v) is 12.4. The smallest absolute Gasteiger partial charge is 0.255 e. The molecule has 1 heterocycles. The molecule has 2 rings (SSSR count). The SMILES string of the molecule is NC(=O)COc1ccc(OCc2ncc(Cl)cc2Cl)cc1. The number of hydrogen-bond acceptors (Lipinski definition) is 4. The summed E-state index contributed by atoms with van der Waals surface area (Å²) < 4.78 is 10.7. The van der Waals surface area contributed by atoms with Crippen molar-refractivity contribution in [2.24, 2.45) is 5.73 Å². The number of benzene rings is 1. The molecule has 1 aromatic carbocycles. The highest BCUT2D eigenvalue weighted by Gasteiger charge is 2.05. The minimum atomic E-state index is -0.529. The molecular formula is C14H12Cl2N2O3. The van der Waals surface area contributed by atoms with Crippen LogP contribution in [0.2, 0.25) is 10.0 Å². The Kier molecular flexibility index (Phi) is 5.25. The Morgan fingerprint density at radius 2 is 1.76 bits per heavy atom. The van der Waals surface area contributed by atoms with Crippen LogP contribution in [0, 0.1) is 0 Å². The van der Waals surface area contributed by atoms with Crippen molar-refractivity contribution in [3.05, 3.63) is 52.3 Å². The van der Waals surface area contributed by atoms with Gasteiger partial charge >= 0.3 is 0 Å². The molecule has 0 spiro atoms. The average molecular weight is 327 g/mol. The molecule has 0 aliphatic rings. The van der Waals surface area contributed by atoms with Crippen molar-refractivity contribution in [2.45, 2.75) is 6.61 Å². The molecule has 7 heteroatoms. The van der Waals surface area contributed by atoms with Gasteiger partial charge in [0.25, 0.3) is 5.91 Å². The maximum Gasteiger partial charge on any atom is 0.255 e. The van der Waals surface area contributed by atoms with Crippen LogP contribution in [0.1, 0.15) is 5.69 Å². The summed E-state index contributed by atoms with van der Waals surface area (Å²) in [4.78, 5) is 14.7. The second-order valence-corrected chi connectivity index (χ2v) is 4.94. The van der Waals surface area contributed by atoms with Gasteiger partial charge in [-0.2, -0.15) is 0 Å². The van der Waals surface area contributed by atoms with Crippen LogP contribution in [0.15, 0.2) is 36.5 Å². The summed E-state index contributed by atoms with van der Waals surface area (Å²) in [6.45, 7) is 0.0575. The summed E-state index contributed by atoms with van der Waals surface area (Å²) in [7, 11) is 0. The molecule has 0 bridgehead atoms. The Labute approximate surface area is 131 Å². The number of pyridine rings is 1. The first-order valence-corrected chi connectivity index (χ1v) is 6.74. The molecule has 0 unspecified atom stereocenters. The summed E-state index contributed by atoms with van der Waals surface area (Å²) in [5, 5.41) is 0.920. The van der Waals surface area contributed by atoms with Gasteiger partial charge in [0.05, 0.1) is 15.7 Å². The van der Waals surface area contributed by atoms with Gasteiger partial charge in [0, 0.05) is 6.20 Å². The molecule has 0 saturated carbocycles. The molecule has 0 atom stereocenters. The van der Waals surface area contributed by atoms with E-state index < -0.39 is 5.91 Å². The fraction of sp³-hybridized carbons (Fsp3) is 0.143. The van der Waals surface area contributed by atoms with Crippen molar-refractivity contribution in [1.29, 1.82) is 0 Å². The number of rotatable bonds is 6. The van der Waals surface area contributed by atoms with Crippen molar-refractivity contribution in [3.8, 4) is 11.5 Å². The number of halogens is 2. The molecule has 0 aliphatic heterocycles. The first kappa shape index (κ1) is 15.4. The third kappa shape index (κ3) is 4.81. The molecule has 110 valence electrons. The summed E-state index contributed by atoms with van der Waals surface area (Å²) in [5.74, 6) is 0.622. The molecule has 2 aromatic rings. The third-order valence-electron chi connectivity index (χ3n) is 2.46. The lowest BCUT2D eigenvalue weighted by Crippen LogP contribution is -2.19. The van der Waals surface area contributed by atoms with Crippen LogP contribution in [-0.2, 0) is 11.4 Å². The Morgan fingerprint density at radius 1 is 1.14 bits per heavy atom. The van der Waals surface area contributed by atoms with Crippen LogP contribution in [-0.4, -0.2) is 17.5 Å². The number of primary amides is 1. The van der Waals surface area contributed by atoms with E-state index in [9.17, 15) is 4.79 Å². The van der Waals surface area contributed by atoms with Crippen molar-refractivity contribution in [3.63, 3.8) is 0 Å². The molecule has 0 fully saturated rings. The molecule has 21 heavy (non-hydrogen) atoms. The minimum Gasteiger partial charge on any atom is -0.487 e. The molecule has 1 amide bonds. The number of ether oxygens (including phenoxy) is 2. The van der Waals surface area contributed by atoms with E-state index in [1.807, 2.05) is 0 Å². The maximum atomic E-state index is 10.6. The molecule has 0 radical (unpaired) electrons. The summed E-state index contributed by atoms with van der Waals surface area (Å²) in [6.07, 6.45) is 1.51. The van der Waals surface area contributed by atoms with E-state index >= 15 is 0 Å². The maximum absolute atomic E-state index is 10.6. The van der Waals surface area contributed by atoms with Crippen molar-refractivity contribution in [2.75, 3.05) is 6.61 Å². The number of carbonyl (C=O) groups excluding carboxylic acids is 1. The number of carbonyl (C=O) groups is 1. The number of nitrogens with zero attached hydrogens (tertiary/aromatic N) is 1. The summed E-state index contributed by atoms with van der Waals surface area (Å²) >= 11 is 11.8. The van der Waals surface area contributed by atoms with E-state index in [4.69, 9.17) is 38.4 Å². The average Bonchev–Trinajstić information content (AvgIpc) is 2.45. The van der Waals surface area contributed by atoms with Crippen molar-refractivity contribution >= 4 is 29.1 Å². The van der Waals surface area contributed by atoms with Gasteiger partial charge in [-0.05, 0) is 30.3 Å². The third-order valence-corrected chi connectivity index (χ3v) is 3.00. The number of nitrogens with two attached hydrogens (primary N) is 1. The van der Waals surface area contributed by atoms with Crippen LogP contribution in [0.4, 0.5) is 0 Å². The van der Waals surface area contributed by atoms with Gasteiger partial charge in [-0.25, -0.2) is 0 Å². The molecule has 1 aromatic heterocycles. The zero-order valence-electron chi connectivity index (χ0n) is 10.9. The van der Waals surface area contributed by atoms with Crippen LogP contribution >= 0.6 is 23.2 Å². The lowest BCUT2D eigenvalue weighted by Gasteiger charge is -2.08. The Morgan fingerprint density at radius 3 is 2.33 bits per heavy atom. The zero-order chi connectivity index (χ0) is 15.2. The second-order valence-electron chi connectivity index (χ2n) is 4.10. The summed E-state index contributed by atoms with van der Waals surface area (Å²) in [6, 6.07) is 8.38. The minimum absolute atomic E-state index is 0.162. The standard InChI is InChI=1S/C14H12Cl2N2O3/c15-9-5-12(16)13(18-6-9)7-20-10-1-3-11(4-2-10)21-8-14(17)19/h1-6H,7-8H2,(H2,17,19). The van der Waals surface area contributed by atoms with Crippen LogP contribution in [0.5, 0.6) is 11.5 Å². The summed E-state index contributed by atoms with van der Waals surface area (Å²) in [5.41, 5.74) is 5.58. The highest BCUT2D eigenvalue weighted by molar-refractivity contribution is 6.34. The van der Waals surface area contributed by atoms with Gasteiger partial charge in [0.15, 0.2) is 6.61 Å². The first-order valence-electron chi connectivity index (χ1n) is 5.98. The lowest BCUT2D eigenvalue weighted by atomic mass is 10.3. The normalized spacial score (nSPS) is 10.2. The predicted octanol–water partition coefficient (Wildman–Crippen LogP) is 2.83. The molecular weight excluding hydrogens is 315 g/mol. The van der Waals surface area contributed by atoms with Gasteiger partial charge in [0.2, 0.25) is 0 Å². The van der Waals surface area contributed by atoms with Gasteiger partial charge in [-0.1, -0.05) is 23.2 Å². The highest BCUT2D eigenvalue weighted by Crippen LogP contribution is 2.22. The van der Waals surface area contributed by atoms with Crippen molar-refractivity contribution in [1.82, 2.24) is 4.98 Å². The molecule has 0 saturated heterocycles. The monoisotopic (exact) mass is 326 g/mol. The quantitative estimate of drug-likeness (QED) is 0.885. The Balaban J connectivity index is 1.92. The van der Waals surface area contributed by atoms with Gasteiger partial charge in [-0.15, -0.1) is 0 Å². The number of aromatic nitrogens is 1. The van der Waals surface area contributed by atoms with E-state index in [1.54, 1.807) is 30.3 Å². The Bertz CT molecular complexity index is 633. The molecule has 0 aliphatic carbocycles. The Hall–Kier alpha value is -1.98.